The lowest BCUT2D eigenvalue weighted by Crippen LogP contribution is -2.55. The summed E-state index contributed by atoms with van der Waals surface area (Å²) < 4.78 is 0. The standard InChI is InChI=1S/C24H21ClN4O3/c1-26-23(32)24(8-9-24)29-13-19(18-10-15(25)6-7-17(18)22(29)31)21(30)28-20-12-27-11-14-4-2-3-5-16(14)20/h2-7,10-12,19H,8-9,13H2,1H3,(H,26,32)(H,28,30)/t19-/m1/s1. The van der Waals surface area contributed by atoms with Gasteiger partial charge in [-0.3, -0.25) is 19.4 Å². The quantitative estimate of drug-likeness (QED) is 0.640. The molecule has 1 aromatic heterocycles. The molecule has 0 unspecified atom stereocenters. The van der Waals surface area contributed by atoms with Crippen molar-refractivity contribution in [2.75, 3.05) is 18.9 Å². The summed E-state index contributed by atoms with van der Waals surface area (Å²) >= 11 is 6.21. The Labute approximate surface area is 189 Å². The minimum Gasteiger partial charge on any atom is -0.357 e. The number of halogens is 1. The molecule has 1 aliphatic heterocycles. The van der Waals surface area contributed by atoms with E-state index in [9.17, 15) is 14.4 Å². The fourth-order valence-electron chi connectivity index (χ4n) is 4.53. The SMILES string of the molecule is CNC(=O)C1(N2C[C@@H](C(=O)Nc3cncc4ccccc34)c3cc(Cl)ccc3C2=O)CC1. The van der Waals surface area contributed by atoms with Gasteiger partial charge < -0.3 is 15.5 Å². The van der Waals surface area contributed by atoms with E-state index in [0.29, 0.717) is 34.7 Å². The highest BCUT2D eigenvalue weighted by Gasteiger charge is 2.58. The largest absolute Gasteiger partial charge is 0.357 e. The third-order valence-electron chi connectivity index (χ3n) is 6.36. The topological polar surface area (TPSA) is 91.4 Å². The average molecular weight is 449 g/mol. The van der Waals surface area contributed by atoms with Crippen molar-refractivity contribution in [2.24, 2.45) is 0 Å². The fourth-order valence-corrected chi connectivity index (χ4v) is 4.71. The summed E-state index contributed by atoms with van der Waals surface area (Å²) in [4.78, 5) is 45.2. The number of carbonyl (C=O) groups excluding carboxylic acids is 3. The number of carbonyl (C=O) groups is 3. The zero-order valence-corrected chi connectivity index (χ0v) is 18.1. The molecule has 2 heterocycles. The highest BCUT2D eigenvalue weighted by atomic mass is 35.5. The first-order valence-electron chi connectivity index (χ1n) is 10.4. The first-order valence-corrected chi connectivity index (χ1v) is 10.8. The van der Waals surface area contributed by atoms with Crippen molar-refractivity contribution in [1.29, 1.82) is 0 Å². The Balaban J connectivity index is 1.54. The van der Waals surface area contributed by atoms with Crippen molar-refractivity contribution in [3.05, 3.63) is 71.0 Å². The summed E-state index contributed by atoms with van der Waals surface area (Å²) in [6, 6.07) is 12.6. The predicted molar refractivity (Wildman–Crippen MR) is 122 cm³/mol. The maximum Gasteiger partial charge on any atom is 0.255 e. The summed E-state index contributed by atoms with van der Waals surface area (Å²) in [5.41, 5.74) is 0.652. The molecule has 0 radical (unpaired) electrons. The molecule has 8 heteroatoms. The van der Waals surface area contributed by atoms with E-state index in [2.05, 4.69) is 15.6 Å². The van der Waals surface area contributed by atoms with Gasteiger partial charge in [0.1, 0.15) is 5.54 Å². The zero-order chi connectivity index (χ0) is 22.5. The maximum absolute atomic E-state index is 13.5. The van der Waals surface area contributed by atoms with Gasteiger partial charge in [0, 0.05) is 41.1 Å². The van der Waals surface area contributed by atoms with Crippen molar-refractivity contribution < 1.29 is 14.4 Å². The number of pyridine rings is 1. The summed E-state index contributed by atoms with van der Waals surface area (Å²) in [7, 11) is 1.56. The van der Waals surface area contributed by atoms with Crippen LogP contribution in [0.2, 0.25) is 5.02 Å². The van der Waals surface area contributed by atoms with Crippen LogP contribution in [0.1, 0.15) is 34.7 Å². The van der Waals surface area contributed by atoms with Crippen LogP contribution in [0, 0.1) is 0 Å². The second-order valence-corrected chi connectivity index (χ2v) is 8.64. The van der Waals surface area contributed by atoms with Gasteiger partial charge in [-0.2, -0.15) is 0 Å². The lowest BCUT2D eigenvalue weighted by atomic mass is 9.87. The van der Waals surface area contributed by atoms with Crippen molar-refractivity contribution >= 4 is 45.8 Å². The van der Waals surface area contributed by atoms with E-state index in [1.165, 1.54) is 0 Å². The molecular formula is C24H21ClN4O3. The Morgan fingerprint density at radius 2 is 1.94 bits per heavy atom. The number of anilines is 1. The Hall–Kier alpha value is -3.45. The first-order chi connectivity index (χ1) is 15.4. The van der Waals surface area contributed by atoms with Crippen LogP contribution in [-0.2, 0) is 9.59 Å². The fraction of sp³-hybridized carbons (Fsp3) is 0.250. The van der Waals surface area contributed by atoms with Gasteiger partial charge in [-0.25, -0.2) is 0 Å². The minimum absolute atomic E-state index is 0.101. The van der Waals surface area contributed by atoms with Gasteiger partial charge >= 0.3 is 0 Å². The van der Waals surface area contributed by atoms with Crippen LogP contribution in [0.5, 0.6) is 0 Å². The molecule has 32 heavy (non-hydrogen) atoms. The number of rotatable bonds is 4. The summed E-state index contributed by atoms with van der Waals surface area (Å²) in [5, 5.41) is 7.87. The summed E-state index contributed by atoms with van der Waals surface area (Å²) in [5.74, 6) is -1.42. The van der Waals surface area contributed by atoms with Crippen LogP contribution in [0.4, 0.5) is 5.69 Å². The van der Waals surface area contributed by atoms with Gasteiger partial charge in [0.05, 0.1) is 17.8 Å². The van der Waals surface area contributed by atoms with Crippen molar-refractivity contribution in [3.63, 3.8) is 0 Å². The molecule has 0 spiro atoms. The molecule has 2 aromatic carbocycles. The van der Waals surface area contributed by atoms with Crippen LogP contribution >= 0.6 is 11.6 Å². The molecule has 2 aliphatic rings. The van der Waals surface area contributed by atoms with Gasteiger partial charge in [-0.15, -0.1) is 0 Å². The lowest BCUT2D eigenvalue weighted by molar-refractivity contribution is -0.127. The number of nitrogens with zero attached hydrogens (tertiary/aromatic N) is 2. The molecule has 162 valence electrons. The number of fused-ring (bicyclic) bond motifs is 2. The van der Waals surface area contributed by atoms with Crippen LogP contribution in [0.25, 0.3) is 10.8 Å². The third-order valence-corrected chi connectivity index (χ3v) is 6.60. The van der Waals surface area contributed by atoms with Crippen LogP contribution in [0.3, 0.4) is 0 Å². The molecule has 2 N–H and O–H groups in total. The third kappa shape index (κ3) is 3.20. The van der Waals surface area contributed by atoms with Crippen molar-refractivity contribution in [3.8, 4) is 0 Å². The zero-order valence-electron chi connectivity index (χ0n) is 17.4. The average Bonchev–Trinajstić information content (AvgIpc) is 3.60. The second-order valence-electron chi connectivity index (χ2n) is 8.21. The molecule has 1 fully saturated rings. The molecule has 1 saturated carbocycles. The number of aromatic nitrogens is 1. The molecule has 5 rings (SSSR count). The van der Waals surface area contributed by atoms with E-state index in [-0.39, 0.29) is 24.3 Å². The summed E-state index contributed by atoms with van der Waals surface area (Å²) in [6.45, 7) is 0.101. The molecular weight excluding hydrogens is 428 g/mol. The number of hydrogen-bond donors (Lipinski definition) is 2. The van der Waals surface area contributed by atoms with E-state index < -0.39 is 11.5 Å². The highest BCUT2D eigenvalue weighted by Crippen LogP contribution is 2.46. The number of likely N-dealkylation sites (N-methyl/N-ethyl adjacent to an activating group) is 1. The Bertz CT molecular complexity index is 1270. The van der Waals surface area contributed by atoms with Gasteiger partial charge in [-0.1, -0.05) is 35.9 Å². The number of benzene rings is 2. The van der Waals surface area contributed by atoms with E-state index in [1.807, 2.05) is 24.3 Å². The number of nitrogens with one attached hydrogen (secondary N) is 2. The molecule has 7 nitrogen and oxygen atoms in total. The van der Waals surface area contributed by atoms with E-state index >= 15 is 0 Å². The Morgan fingerprint density at radius 3 is 2.69 bits per heavy atom. The highest BCUT2D eigenvalue weighted by molar-refractivity contribution is 6.31. The smallest absolute Gasteiger partial charge is 0.255 e. The van der Waals surface area contributed by atoms with Gasteiger partial charge in [-0.05, 0) is 36.6 Å². The van der Waals surface area contributed by atoms with Crippen molar-refractivity contribution in [1.82, 2.24) is 15.2 Å². The number of amides is 3. The van der Waals surface area contributed by atoms with E-state index in [0.717, 1.165) is 10.8 Å². The molecule has 0 saturated heterocycles. The normalized spacial score (nSPS) is 18.8. The second kappa shape index (κ2) is 7.60. The van der Waals surface area contributed by atoms with Crippen molar-refractivity contribution in [2.45, 2.75) is 24.3 Å². The van der Waals surface area contributed by atoms with Gasteiger partial charge in [0.25, 0.3) is 5.91 Å². The summed E-state index contributed by atoms with van der Waals surface area (Å²) in [6.07, 6.45) is 4.49. The lowest BCUT2D eigenvalue weighted by Gasteiger charge is -2.38. The maximum atomic E-state index is 13.5. The molecule has 3 amide bonds. The van der Waals surface area contributed by atoms with Crippen LogP contribution < -0.4 is 10.6 Å². The molecule has 1 atom stereocenters. The molecule has 1 aliphatic carbocycles. The Kier molecular flexibility index (Phi) is 4.86. The van der Waals surface area contributed by atoms with Gasteiger partial charge in [0.2, 0.25) is 11.8 Å². The number of hydrogen-bond acceptors (Lipinski definition) is 4. The van der Waals surface area contributed by atoms with Gasteiger partial charge in [0.15, 0.2) is 0 Å². The van der Waals surface area contributed by atoms with E-state index in [4.69, 9.17) is 11.6 Å². The van der Waals surface area contributed by atoms with Crippen LogP contribution in [-0.4, -0.2) is 46.7 Å². The molecule has 3 aromatic rings. The van der Waals surface area contributed by atoms with Crippen LogP contribution in [0.15, 0.2) is 54.9 Å². The molecule has 0 bridgehead atoms. The van der Waals surface area contributed by atoms with E-state index in [1.54, 1.807) is 42.5 Å². The monoisotopic (exact) mass is 448 g/mol. The first kappa shape index (κ1) is 20.5. The minimum atomic E-state index is -0.900. The Morgan fingerprint density at radius 1 is 1.16 bits per heavy atom. The predicted octanol–water partition coefficient (Wildman–Crippen LogP) is 3.34.